The van der Waals surface area contributed by atoms with Crippen LogP contribution in [0.2, 0.25) is 0 Å². The number of aliphatic hydroxyl groups excluding tert-OH is 1. The first-order valence-corrected chi connectivity index (χ1v) is 15.0. The molecule has 5 rings (SSSR count). The maximum absolute atomic E-state index is 12.0. The van der Waals surface area contributed by atoms with Crippen LogP contribution in [0.5, 0.6) is 0 Å². The number of alkyl carbamates (subject to hydrolysis) is 1. The summed E-state index contributed by atoms with van der Waals surface area (Å²) in [6.07, 6.45) is 3.46. The van der Waals surface area contributed by atoms with E-state index in [0.717, 1.165) is 65.9 Å². The molecular weight excluding hydrogens is 544 g/mol. The number of nitrogens with zero attached hydrogens (tertiary/aromatic N) is 1. The van der Waals surface area contributed by atoms with E-state index >= 15 is 0 Å². The number of ether oxygens (including phenoxy) is 4. The standard InChI is InChI=1S/C35H42N2O6/c1-3-19-41-35(39)36-21-29-7-4-5-9-32(29)26-14-16-28(17-15-26)34-42-31(22-37-18-6-8-30(37)24-40-2)20-33(43-34)27-12-10-25(23-38)11-13-27/h3-5,7,9-17,30-31,33-34,38H,1,6,8,18-24H2,2H3,(H,36,39)/t30-,31-,33+,34+/m0/s1. The molecule has 2 aliphatic rings. The van der Waals surface area contributed by atoms with E-state index in [1.807, 2.05) is 48.5 Å². The summed E-state index contributed by atoms with van der Waals surface area (Å²) in [7, 11) is 1.76. The molecule has 3 aromatic rings. The smallest absolute Gasteiger partial charge is 0.407 e. The zero-order chi connectivity index (χ0) is 30.0. The molecule has 0 aliphatic carbocycles. The molecule has 4 atom stereocenters. The van der Waals surface area contributed by atoms with Gasteiger partial charge in [0, 0.05) is 38.2 Å². The SMILES string of the molecule is C=CCOC(=O)NCc1ccccc1-c1ccc([C@@H]2O[C@H](CN3CCC[C@H]3COC)C[C@H](c3ccc(CO)cc3)O2)cc1. The van der Waals surface area contributed by atoms with Crippen molar-refractivity contribution in [1.82, 2.24) is 10.2 Å². The summed E-state index contributed by atoms with van der Waals surface area (Å²) in [6.45, 7) is 6.70. The Morgan fingerprint density at radius 1 is 1.07 bits per heavy atom. The Labute approximate surface area is 254 Å². The molecule has 0 spiro atoms. The predicted molar refractivity (Wildman–Crippen MR) is 165 cm³/mol. The largest absolute Gasteiger partial charge is 0.445 e. The highest BCUT2D eigenvalue weighted by Crippen LogP contribution is 2.39. The van der Waals surface area contributed by atoms with Crippen molar-refractivity contribution in [2.24, 2.45) is 0 Å². The molecule has 8 heteroatoms. The first-order valence-electron chi connectivity index (χ1n) is 15.0. The van der Waals surface area contributed by atoms with Gasteiger partial charge in [-0.15, -0.1) is 0 Å². The zero-order valence-corrected chi connectivity index (χ0v) is 24.8. The summed E-state index contributed by atoms with van der Waals surface area (Å²) < 4.78 is 23.7. The Balaban J connectivity index is 1.33. The first kappa shape index (κ1) is 30.9. The number of hydrogen-bond acceptors (Lipinski definition) is 7. The maximum atomic E-state index is 12.0. The van der Waals surface area contributed by atoms with Crippen molar-refractivity contribution in [3.05, 3.63) is 108 Å². The summed E-state index contributed by atoms with van der Waals surface area (Å²) in [4.78, 5) is 14.5. The van der Waals surface area contributed by atoms with Gasteiger partial charge >= 0.3 is 6.09 Å². The summed E-state index contributed by atoms with van der Waals surface area (Å²) in [6, 6.07) is 24.6. The van der Waals surface area contributed by atoms with Crippen LogP contribution in [-0.4, -0.2) is 61.7 Å². The molecule has 0 unspecified atom stereocenters. The van der Waals surface area contributed by atoms with Gasteiger partial charge < -0.3 is 29.4 Å². The van der Waals surface area contributed by atoms with E-state index in [9.17, 15) is 9.90 Å². The monoisotopic (exact) mass is 586 g/mol. The number of aliphatic hydroxyl groups is 1. The molecule has 43 heavy (non-hydrogen) atoms. The minimum Gasteiger partial charge on any atom is -0.445 e. The van der Waals surface area contributed by atoms with Crippen LogP contribution in [0.4, 0.5) is 4.79 Å². The van der Waals surface area contributed by atoms with Gasteiger partial charge in [-0.1, -0.05) is 85.5 Å². The number of benzene rings is 3. The molecule has 3 aromatic carbocycles. The average Bonchev–Trinajstić information content (AvgIpc) is 3.49. The van der Waals surface area contributed by atoms with Crippen LogP contribution < -0.4 is 5.32 Å². The summed E-state index contributed by atoms with van der Waals surface area (Å²) >= 11 is 0. The third-order valence-corrected chi connectivity index (χ3v) is 8.18. The molecule has 2 heterocycles. The lowest BCUT2D eigenvalue weighted by atomic mass is 9.97. The number of carbonyl (C=O) groups is 1. The number of likely N-dealkylation sites (tertiary alicyclic amines) is 1. The summed E-state index contributed by atoms with van der Waals surface area (Å²) in [5.74, 6) is 0. The van der Waals surface area contributed by atoms with Crippen LogP contribution in [0.15, 0.2) is 85.5 Å². The van der Waals surface area contributed by atoms with Gasteiger partial charge in [-0.2, -0.15) is 0 Å². The minimum atomic E-state index is -0.518. The fourth-order valence-corrected chi connectivity index (χ4v) is 5.94. The van der Waals surface area contributed by atoms with E-state index in [-0.39, 0.29) is 25.4 Å². The number of rotatable bonds is 12. The van der Waals surface area contributed by atoms with E-state index in [2.05, 4.69) is 41.1 Å². The Kier molecular flexibility index (Phi) is 11.0. The number of amides is 1. The maximum Gasteiger partial charge on any atom is 0.407 e. The van der Waals surface area contributed by atoms with Gasteiger partial charge in [0.25, 0.3) is 0 Å². The van der Waals surface area contributed by atoms with Gasteiger partial charge in [-0.25, -0.2) is 4.79 Å². The molecule has 8 nitrogen and oxygen atoms in total. The van der Waals surface area contributed by atoms with Gasteiger partial charge in [-0.05, 0) is 47.2 Å². The van der Waals surface area contributed by atoms with Crippen LogP contribution >= 0.6 is 0 Å². The van der Waals surface area contributed by atoms with Crippen molar-refractivity contribution in [2.75, 3.05) is 33.4 Å². The highest BCUT2D eigenvalue weighted by atomic mass is 16.7. The van der Waals surface area contributed by atoms with Crippen molar-refractivity contribution < 1.29 is 28.8 Å². The molecule has 2 fully saturated rings. The first-order chi connectivity index (χ1) is 21.1. The fraction of sp³-hybridized carbons (Fsp3) is 0.400. The lowest BCUT2D eigenvalue weighted by Crippen LogP contribution is -2.42. The Bertz CT molecular complexity index is 1330. The predicted octanol–water partition coefficient (Wildman–Crippen LogP) is 5.91. The van der Waals surface area contributed by atoms with E-state index in [4.69, 9.17) is 18.9 Å². The second kappa shape index (κ2) is 15.3. The van der Waals surface area contributed by atoms with Crippen LogP contribution in [0, 0.1) is 0 Å². The number of nitrogens with one attached hydrogen (secondary N) is 1. The molecule has 228 valence electrons. The van der Waals surface area contributed by atoms with Gasteiger partial charge in [0.2, 0.25) is 0 Å². The topological polar surface area (TPSA) is 89.5 Å². The van der Waals surface area contributed by atoms with Crippen LogP contribution in [0.1, 0.15) is 53.9 Å². The number of methoxy groups -OCH3 is 1. The van der Waals surface area contributed by atoms with Gasteiger partial charge in [-0.3, -0.25) is 4.90 Å². The molecule has 0 aromatic heterocycles. The average molecular weight is 587 g/mol. The molecular formula is C35H42N2O6. The molecule has 0 saturated carbocycles. The number of carbonyl (C=O) groups excluding carboxylic acids is 1. The van der Waals surface area contributed by atoms with Crippen LogP contribution in [0.25, 0.3) is 11.1 Å². The highest BCUT2D eigenvalue weighted by Gasteiger charge is 2.35. The lowest BCUT2D eigenvalue weighted by molar-refractivity contribution is -0.253. The van der Waals surface area contributed by atoms with Crippen molar-refractivity contribution in [3.63, 3.8) is 0 Å². The van der Waals surface area contributed by atoms with Gasteiger partial charge in [0.05, 0.1) is 25.4 Å². The van der Waals surface area contributed by atoms with E-state index in [1.54, 1.807) is 7.11 Å². The van der Waals surface area contributed by atoms with Gasteiger partial charge in [0.15, 0.2) is 6.29 Å². The number of hydrogen-bond donors (Lipinski definition) is 2. The zero-order valence-electron chi connectivity index (χ0n) is 24.8. The summed E-state index contributed by atoms with van der Waals surface area (Å²) in [5, 5.41) is 12.3. The Morgan fingerprint density at radius 2 is 1.84 bits per heavy atom. The highest BCUT2D eigenvalue weighted by molar-refractivity contribution is 5.70. The Morgan fingerprint density at radius 3 is 2.58 bits per heavy atom. The lowest BCUT2D eigenvalue weighted by Gasteiger charge is -2.38. The molecule has 0 radical (unpaired) electrons. The molecule has 1 amide bonds. The quantitative estimate of drug-likeness (QED) is 0.255. The Hall–Kier alpha value is -3.53. The molecule has 2 saturated heterocycles. The minimum absolute atomic E-state index is 0.00829. The van der Waals surface area contributed by atoms with Crippen molar-refractivity contribution in [2.45, 2.75) is 57.0 Å². The van der Waals surface area contributed by atoms with Crippen LogP contribution in [-0.2, 0) is 32.1 Å². The van der Waals surface area contributed by atoms with Crippen molar-refractivity contribution in [1.29, 1.82) is 0 Å². The second-order valence-electron chi connectivity index (χ2n) is 11.1. The molecule has 2 N–H and O–H groups in total. The van der Waals surface area contributed by atoms with E-state index in [1.165, 1.54) is 12.5 Å². The third kappa shape index (κ3) is 8.10. The van der Waals surface area contributed by atoms with Crippen molar-refractivity contribution in [3.8, 4) is 11.1 Å². The van der Waals surface area contributed by atoms with Gasteiger partial charge in [0.1, 0.15) is 6.61 Å². The molecule has 0 bridgehead atoms. The van der Waals surface area contributed by atoms with E-state index < -0.39 is 12.4 Å². The second-order valence-corrected chi connectivity index (χ2v) is 11.1. The normalized spacial score (nSPS) is 22.3. The van der Waals surface area contributed by atoms with E-state index in [0.29, 0.717) is 12.6 Å². The third-order valence-electron chi connectivity index (χ3n) is 8.18. The summed E-state index contributed by atoms with van der Waals surface area (Å²) in [5.41, 5.74) is 5.95. The van der Waals surface area contributed by atoms with Crippen LogP contribution in [0.3, 0.4) is 0 Å². The molecule has 2 aliphatic heterocycles. The van der Waals surface area contributed by atoms with Crippen molar-refractivity contribution >= 4 is 6.09 Å². The fourth-order valence-electron chi connectivity index (χ4n) is 5.94.